The fraction of sp³-hybridized carbons (Fsp3) is 0.250. The summed E-state index contributed by atoms with van der Waals surface area (Å²) in [5, 5.41) is 4.48. The van der Waals surface area contributed by atoms with E-state index in [4.69, 9.17) is 23.2 Å². The lowest BCUT2D eigenvalue weighted by Gasteiger charge is -2.09. The summed E-state index contributed by atoms with van der Waals surface area (Å²) in [7, 11) is 0. The third-order valence-corrected chi connectivity index (χ3v) is 4.28. The molecular weight excluding hydrogens is 277 g/mol. The van der Waals surface area contributed by atoms with Crippen LogP contribution in [0.4, 0.5) is 5.69 Å². The first-order valence-electron chi connectivity index (χ1n) is 6.51. The molecule has 0 bridgehead atoms. The Morgan fingerprint density at radius 3 is 2.42 bits per heavy atom. The van der Waals surface area contributed by atoms with E-state index in [9.17, 15) is 0 Å². The number of nitrogens with one attached hydrogen (secondary N) is 1. The summed E-state index contributed by atoms with van der Waals surface area (Å²) in [5.74, 6) is 0.810. The van der Waals surface area contributed by atoms with Crippen molar-refractivity contribution >= 4 is 28.9 Å². The Labute approximate surface area is 123 Å². The zero-order valence-electron chi connectivity index (χ0n) is 10.5. The van der Waals surface area contributed by atoms with Crippen molar-refractivity contribution in [2.45, 2.75) is 25.3 Å². The van der Waals surface area contributed by atoms with E-state index < -0.39 is 0 Å². The Kier molecular flexibility index (Phi) is 3.67. The Morgan fingerprint density at radius 2 is 1.74 bits per heavy atom. The van der Waals surface area contributed by atoms with Gasteiger partial charge in [-0.3, -0.25) is 0 Å². The number of anilines is 1. The first kappa shape index (κ1) is 12.8. The number of hydrogen-bond donors (Lipinski definition) is 1. The highest BCUT2D eigenvalue weighted by Crippen LogP contribution is 2.39. The molecular formula is C16H15Cl2N. The first-order valence-corrected chi connectivity index (χ1v) is 7.26. The molecule has 0 saturated heterocycles. The Bertz CT molecular complexity index is 574. The molecule has 3 heteroatoms. The van der Waals surface area contributed by atoms with Crippen molar-refractivity contribution in [3.63, 3.8) is 0 Å². The molecule has 0 heterocycles. The topological polar surface area (TPSA) is 12.0 Å². The van der Waals surface area contributed by atoms with Gasteiger partial charge in [0.15, 0.2) is 0 Å². The van der Waals surface area contributed by atoms with Crippen LogP contribution >= 0.6 is 23.2 Å². The molecule has 1 aliphatic carbocycles. The second-order valence-electron chi connectivity index (χ2n) is 4.97. The lowest BCUT2D eigenvalue weighted by Crippen LogP contribution is -2.00. The normalized spacial score (nSPS) is 14.4. The molecule has 0 aromatic heterocycles. The SMILES string of the molecule is Clc1cccc(NCc2ccc(C3CC3)cc2)c1Cl. The summed E-state index contributed by atoms with van der Waals surface area (Å²) in [6.45, 7) is 0.755. The molecule has 19 heavy (non-hydrogen) atoms. The average Bonchev–Trinajstić information content (AvgIpc) is 3.26. The third-order valence-electron chi connectivity index (χ3n) is 3.46. The van der Waals surface area contributed by atoms with Crippen molar-refractivity contribution in [1.29, 1.82) is 0 Å². The first-order chi connectivity index (χ1) is 9.24. The molecule has 2 aromatic carbocycles. The molecule has 0 aliphatic heterocycles. The van der Waals surface area contributed by atoms with Gasteiger partial charge in [-0.2, -0.15) is 0 Å². The second kappa shape index (κ2) is 5.44. The van der Waals surface area contributed by atoms with E-state index in [0.717, 1.165) is 18.2 Å². The second-order valence-corrected chi connectivity index (χ2v) is 5.76. The van der Waals surface area contributed by atoms with E-state index in [1.54, 1.807) is 6.07 Å². The van der Waals surface area contributed by atoms with E-state index in [1.807, 2.05) is 12.1 Å². The van der Waals surface area contributed by atoms with Crippen molar-refractivity contribution in [1.82, 2.24) is 0 Å². The Morgan fingerprint density at radius 1 is 1.00 bits per heavy atom. The molecule has 0 radical (unpaired) electrons. The highest BCUT2D eigenvalue weighted by atomic mass is 35.5. The van der Waals surface area contributed by atoms with Crippen LogP contribution < -0.4 is 5.32 Å². The molecule has 0 spiro atoms. The molecule has 0 amide bonds. The van der Waals surface area contributed by atoms with Crippen LogP contribution in [0, 0.1) is 0 Å². The minimum Gasteiger partial charge on any atom is -0.380 e. The molecule has 1 aliphatic rings. The summed E-state index contributed by atoms with van der Waals surface area (Å²) < 4.78 is 0. The number of halogens is 2. The van der Waals surface area contributed by atoms with Gasteiger partial charge in [0.25, 0.3) is 0 Å². The van der Waals surface area contributed by atoms with Crippen LogP contribution in [0.2, 0.25) is 10.0 Å². The van der Waals surface area contributed by atoms with Crippen LogP contribution in [0.15, 0.2) is 42.5 Å². The molecule has 1 N–H and O–H groups in total. The molecule has 98 valence electrons. The van der Waals surface area contributed by atoms with Gasteiger partial charge in [-0.05, 0) is 42.0 Å². The monoisotopic (exact) mass is 291 g/mol. The summed E-state index contributed by atoms with van der Waals surface area (Å²) in [6, 6.07) is 14.4. The van der Waals surface area contributed by atoms with E-state index in [2.05, 4.69) is 29.6 Å². The maximum absolute atomic E-state index is 6.14. The van der Waals surface area contributed by atoms with Gasteiger partial charge in [0.05, 0.1) is 15.7 Å². The summed E-state index contributed by atoms with van der Waals surface area (Å²) in [6.07, 6.45) is 2.69. The fourth-order valence-electron chi connectivity index (χ4n) is 2.16. The third kappa shape index (κ3) is 3.05. The lowest BCUT2D eigenvalue weighted by atomic mass is 10.1. The molecule has 1 fully saturated rings. The number of rotatable bonds is 4. The van der Waals surface area contributed by atoms with Crippen LogP contribution in [0.25, 0.3) is 0 Å². The molecule has 1 nitrogen and oxygen atoms in total. The van der Waals surface area contributed by atoms with Gasteiger partial charge >= 0.3 is 0 Å². The van der Waals surface area contributed by atoms with Crippen LogP contribution in [-0.4, -0.2) is 0 Å². The predicted molar refractivity (Wildman–Crippen MR) is 82.2 cm³/mol. The quantitative estimate of drug-likeness (QED) is 0.786. The van der Waals surface area contributed by atoms with Crippen LogP contribution in [-0.2, 0) is 6.54 Å². The smallest absolute Gasteiger partial charge is 0.0823 e. The largest absolute Gasteiger partial charge is 0.380 e. The molecule has 1 saturated carbocycles. The number of hydrogen-bond acceptors (Lipinski definition) is 1. The van der Waals surface area contributed by atoms with E-state index in [-0.39, 0.29) is 0 Å². The lowest BCUT2D eigenvalue weighted by molar-refractivity contribution is 1.10. The van der Waals surface area contributed by atoms with Gasteiger partial charge in [-0.1, -0.05) is 53.5 Å². The van der Waals surface area contributed by atoms with Crippen molar-refractivity contribution in [2.24, 2.45) is 0 Å². The van der Waals surface area contributed by atoms with Gasteiger partial charge < -0.3 is 5.32 Å². The van der Waals surface area contributed by atoms with E-state index >= 15 is 0 Å². The van der Waals surface area contributed by atoms with E-state index in [0.29, 0.717) is 10.0 Å². The van der Waals surface area contributed by atoms with Gasteiger partial charge in [0.1, 0.15) is 0 Å². The zero-order valence-corrected chi connectivity index (χ0v) is 12.0. The van der Waals surface area contributed by atoms with Gasteiger partial charge in [-0.15, -0.1) is 0 Å². The molecule has 0 unspecified atom stereocenters. The predicted octanol–water partition coefficient (Wildman–Crippen LogP) is 5.48. The molecule has 0 atom stereocenters. The highest BCUT2D eigenvalue weighted by Gasteiger charge is 2.22. The maximum atomic E-state index is 6.14. The zero-order chi connectivity index (χ0) is 13.2. The van der Waals surface area contributed by atoms with Crippen molar-refractivity contribution in [2.75, 3.05) is 5.32 Å². The van der Waals surface area contributed by atoms with Crippen LogP contribution in [0.3, 0.4) is 0 Å². The van der Waals surface area contributed by atoms with Crippen molar-refractivity contribution in [3.05, 3.63) is 63.6 Å². The summed E-state index contributed by atoms with van der Waals surface area (Å²) in [4.78, 5) is 0. The van der Waals surface area contributed by atoms with Crippen molar-refractivity contribution in [3.8, 4) is 0 Å². The standard InChI is InChI=1S/C16H15Cl2N/c17-14-2-1-3-15(16(14)18)19-10-11-4-6-12(7-5-11)13-8-9-13/h1-7,13,19H,8-10H2. The van der Waals surface area contributed by atoms with E-state index in [1.165, 1.54) is 24.0 Å². The number of benzene rings is 2. The van der Waals surface area contributed by atoms with Crippen molar-refractivity contribution < 1.29 is 0 Å². The summed E-state index contributed by atoms with van der Waals surface area (Å²) >= 11 is 12.1. The average molecular weight is 292 g/mol. The Balaban J connectivity index is 1.66. The molecule has 3 rings (SSSR count). The van der Waals surface area contributed by atoms with Gasteiger partial charge in [-0.25, -0.2) is 0 Å². The van der Waals surface area contributed by atoms with Gasteiger partial charge in [0, 0.05) is 6.54 Å². The Hall–Kier alpha value is -1.18. The highest BCUT2D eigenvalue weighted by molar-refractivity contribution is 6.43. The van der Waals surface area contributed by atoms with Crippen LogP contribution in [0.5, 0.6) is 0 Å². The minimum absolute atomic E-state index is 0.579. The maximum Gasteiger partial charge on any atom is 0.0823 e. The van der Waals surface area contributed by atoms with Crippen LogP contribution in [0.1, 0.15) is 29.9 Å². The fourth-order valence-corrected chi connectivity index (χ4v) is 2.53. The summed E-state index contributed by atoms with van der Waals surface area (Å²) in [5.41, 5.74) is 3.59. The minimum atomic E-state index is 0.579. The molecule has 2 aromatic rings. The van der Waals surface area contributed by atoms with Gasteiger partial charge in [0.2, 0.25) is 0 Å².